The third-order valence-corrected chi connectivity index (χ3v) is 6.42. The normalized spacial score (nSPS) is 22.2. The molecule has 1 aliphatic rings. The van der Waals surface area contributed by atoms with Crippen LogP contribution in [0.4, 0.5) is 0 Å². The zero-order chi connectivity index (χ0) is 19.9. The fourth-order valence-electron chi connectivity index (χ4n) is 3.40. The van der Waals surface area contributed by atoms with E-state index >= 15 is 0 Å². The molecule has 3 atom stereocenters. The average molecular weight is 394 g/mol. The van der Waals surface area contributed by atoms with Crippen molar-refractivity contribution in [1.82, 2.24) is 10.6 Å². The Morgan fingerprint density at radius 1 is 1.30 bits per heavy atom. The van der Waals surface area contributed by atoms with Gasteiger partial charge in [-0.2, -0.15) is 0 Å². The Hall–Kier alpha value is -1.56. The molecule has 3 unspecified atom stereocenters. The van der Waals surface area contributed by atoms with Gasteiger partial charge in [0.15, 0.2) is 5.96 Å². The van der Waals surface area contributed by atoms with E-state index in [-0.39, 0.29) is 5.60 Å². The van der Waals surface area contributed by atoms with Crippen LogP contribution in [0.5, 0.6) is 5.75 Å². The monoisotopic (exact) mass is 393 g/mol. The lowest BCUT2D eigenvalue weighted by Gasteiger charge is -2.30. The molecule has 2 rings (SSSR count). The van der Waals surface area contributed by atoms with Gasteiger partial charge in [0.05, 0.1) is 0 Å². The molecule has 5 nitrogen and oxygen atoms in total. The van der Waals surface area contributed by atoms with Crippen molar-refractivity contribution >= 4 is 16.8 Å². The van der Waals surface area contributed by atoms with Crippen molar-refractivity contribution < 1.29 is 8.95 Å². The molecular weight excluding hydrogens is 358 g/mol. The van der Waals surface area contributed by atoms with Gasteiger partial charge in [-0.05, 0) is 46.1 Å². The van der Waals surface area contributed by atoms with Gasteiger partial charge in [0.2, 0.25) is 0 Å². The Kier molecular flexibility index (Phi) is 8.14. The molecule has 0 aliphatic heterocycles. The van der Waals surface area contributed by atoms with Gasteiger partial charge in [-0.3, -0.25) is 9.20 Å². The third kappa shape index (κ3) is 7.17. The number of para-hydroxylation sites is 1. The van der Waals surface area contributed by atoms with E-state index in [9.17, 15) is 4.21 Å². The van der Waals surface area contributed by atoms with Gasteiger partial charge in [0.1, 0.15) is 11.4 Å². The highest BCUT2D eigenvalue weighted by Gasteiger charge is 2.26. The van der Waals surface area contributed by atoms with Gasteiger partial charge in [-0.1, -0.05) is 31.5 Å². The van der Waals surface area contributed by atoms with Gasteiger partial charge in [-0.15, -0.1) is 0 Å². The second-order valence-corrected chi connectivity index (χ2v) is 10.1. The van der Waals surface area contributed by atoms with Crippen LogP contribution in [0.3, 0.4) is 0 Å². The summed E-state index contributed by atoms with van der Waals surface area (Å²) in [6.45, 7) is 8.81. The van der Waals surface area contributed by atoms with Gasteiger partial charge in [0, 0.05) is 47.0 Å². The van der Waals surface area contributed by atoms with Crippen LogP contribution in [0.2, 0.25) is 0 Å². The average Bonchev–Trinajstić information content (AvgIpc) is 2.64. The first kappa shape index (κ1) is 21.7. The summed E-state index contributed by atoms with van der Waals surface area (Å²) in [7, 11) is 1.07. The first-order valence-electron chi connectivity index (χ1n) is 9.93. The lowest BCUT2D eigenvalue weighted by Crippen LogP contribution is -2.46. The van der Waals surface area contributed by atoms with Crippen LogP contribution in [0.1, 0.15) is 58.9 Å². The van der Waals surface area contributed by atoms with E-state index in [1.54, 1.807) is 7.05 Å². The molecule has 0 amide bonds. The van der Waals surface area contributed by atoms with Crippen molar-refractivity contribution in [2.75, 3.05) is 12.8 Å². The molecule has 0 saturated heterocycles. The van der Waals surface area contributed by atoms with Crippen LogP contribution >= 0.6 is 0 Å². The van der Waals surface area contributed by atoms with Crippen LogP contribution in [0, 0.1) is 0 Å². The first-order valence-corrected chi connectivity index (χ1v) is 11.3. The molecule has 0 radical (unpaired) electrons. The van der Waals surface area contributed by atoms with Crippen molar-refractivity contribution in [2.45, 2.75) is 76.8 Å². The van der Waals surface area contributed by atoms with Crippen molar-refractivity contribution in [2.24, 2.45) is 4.99 Å². The molecule has 1 saturated carbocycles. The van der Waals surface area contributed by atoms with Crippen molar-refractivity contribution in [3.63, 3.8) is 0 Å². The maximum Gasteiger partial charge on any atom is 0.191 e. The molecule has 0 aromatic heterocycles. The molecule has 27 heavy (non-hydrogen) atoms. The zero-order valence-electron chi connectivity index (χ0n) is 17.4. The molecule has 2 N–H and O–H groups in total. The molecule has 1 aromatic carbocycles. The largest absolute Gasteiger partial charge is 0.488 e. The second kappa shape index (κ2) is 10.1. The number of hydrogen-bond donors (Lipinski definition) is 2. The predicted octanol–water partition coefficient (Wildman–Crippen LogP) is 3.61. The molecular formula is C21H35N3O2S. The van der Waals surface area contributed by atoms with Gasteiger partial charge < -0.3 is 15.4 Å². The molecule has 0 spiro atoms. The number of ether oxygens (including phenoxy) is 1. The Bertz CT molecular complexity index is 655. The van der Waals surface area contributed by atoms with Crippen LogP contribution < -0.4 is 15.4 Å². The number of nitrogens with one attached hydrogen (secondary N) is 2. The van der Waals surface area contributed by atoms with E-state index in [4.69, 9.17) is 4.74 Å². The number of benzene rings is 1. The molecule has 0 heterocycles. The molecule has 6 heteroatoms. The van der Waals surface area contributed by atoms with E-state index in [0.717, 1.165) is 48.7 Å². The molecule has 152 valence electrons. The summed E-state index contributed by atoms with van der Waals surface area (Å²) in [5.41, 5.74) is 0.867. The quantitative estimate of drug-likeness (QED) is 0.572. The smallest absolute Gasteiger partial charge is 0.191 e. The lowest BCUT2D eigenvalue weighted by atomic mass is 9.95. The number of guanidine groups is 1. The van der Waals surface area contributed by atoms with Crippen LogP contribution in [-0.2, 0) is 17.3 Å². The standard InChI is InChI=1S/C21H35N3O2S/c1-6-27(25)18-12-9-11-17(14-18)24-20(22-5)23-15-16-10-7-8-13-19(16)26-21(2,3)4/h7-8,10,13,17-18H,6,9,11-12,14-15H2,1-5H3,(H2,22,23,24). The number of hydrogen-bond acceptors (Lipinski definition) is 3. The topological polar surface area (TPSA) is 62.7 Å². The summed E-state index contributed by atoms with van der Waals surface area (Å²) >= 11 is 0. The second-order valence-electron chi connectivity index (χ2n) is 8.05. The highest BCUT2D eigenvalue weighted by atomic mass is 32.2. The summed E-state index contributed by atoms with van der Waals surface area (Å²) in [6, 6.07) is 8.42. The van der Waals surface area contributed by atoms with E-state index in [1.165, 1.54) is 0 Å². The van der Waals surface area contributed by atoms with E-state index in [2.05, 4.69) is 42.5 Å². The Balaban J connectivity index is 1.94. The van der Waals surface area contributed by atoms with Crippen LogP contribution in [-0.4, -0.2) is 39.9 Å². The highest BCUT2D eigenvalue weighted by molar-refractivity contribution is 7.85. The van der Waals surface area contributed by atoms with E-state index < -0.39 is 10.8 Å². The SMILES string of the molecule is CCS(=O)C1CCCC(NC(=NC)NCc2ccccc2OC(C)(C)C)C1. The number of rotatable bonds is 6. The van der Waals surface area contributed by atoms with E-state index in [0.29, 0.717) is 17.8 Å². The lowest BCUT2D eigenvalue weighted by molar-refractivity contribution is 0.129. The van der Waals surface area contributed by atoms with Crippen molar-refractivity contribution in [3.8, 4) is 5.75 Å². The zero-order valence-corrected chi connectivity index (χ0v) is 18.2. The third-order valence-electron chi connectivity index (χ3n) is 4.68. The summed E-state index contributed by atoms with van der Waals surface area (Å²) in [5.74, 6) is 2.42. The maximum atomic E-state index is 12.2. The minimum absolute atomic E-state index is 0.234. The predicted molar refractivity (Wildman–Crippen MR) is 115 cm³/mol. The van der Waals surface area contributed by atoms with Gasteiger partial charge >= 0.3 is 0 Å². The fourth-order valence-corrected chi connectivity index (χ4v) is 4.74. The van der Waals surface area contributed by atoms with Crippen molar-refractivity contribution in [1.29, 1.82) is 0 Å². The summed E-state index contributed by atoms with van der Waals surface area (Å²) < 4.78 is 18.2. The minimum Gasteiger partial charge on any atom is -0.488 e. The highest BCUT2D eigenvalue weighted by Crippen LogP contribution is 2.24. The van der Waals surface area contributed by atoms with E-state index in [1.807, 2.05) is 25.1 Å². The number of nitrogens with zero attached hydrogens (tertiary/aromatic N) is 1. The van der Waals surface area contributed by atoms with Crippen LogP contribution in [0.15, 0.2) is 29.3 Å². The summed E-state index contributed by atoms with van der Waals surface area (Å²) in [4.78, 5) is 4.37. The molecule has 0 bridgehead atoms. The molecule has 1 aromatic rings. The minimum atomic E-state index is -0.714. The Morgan fingerprint density at radius 2 is 2.04 bits per heavy atom. The maximum absolute atomic E-state index is 12.2. The first-order chi connectivity index (χ1) is 12.8. The molecule has 1 fully saturated rings. The Labute approximate surface area is 166 Å². The van der Waals surface area contributed by atoms with Gasteiger partial charge in [0.25, 0.3) is 0 Å². The summed E-state index contributed by atoms with van der Waals surface area (Å²) in [6.07, 6.45) is 4.24. The molecule has 1 aliphatic carbocycles. The van der Waals surface area contributed by atoms with Crippen LogP contribution in [0.25, 0.3) is 0 Å². The Morgan fingerprint density at radius 3 is 2.70 bits per heavy atom. The number of aliphatic imine (C=N–C) groups is 1. The summed E-state index contributed by atoms with van der Waals surface area (Å²) in [5, 5.41) is 7.22. The van der Waals surface area contributed by atoms with Crippen molar-refractivity contribution in [3.05, 3.63) is 29.8 Å². The fraction of sp³-hybridized carbons (Fsp3) is 0.667. The van der Waals surface area contributed by atoms with Gasteiger partial charge in [-0.25, -0.2) is 0 Å².